The predicted molar refractivity (Wildman–Crippen MR) is 71.0 cm³/mol. The molecule has 0 spiro atoms. The van der Waals surface area contributed by atoms with Gasteiger partial charge in [0.15, 0.2) is 0 Å². The maximum Gasteiger partial charge on any atom is 0.0394 e. The molecule has 2 rings (SSSR count). The maximum atomic E-state index is 3.57. The van der Waals surface area contributed by atoms with Crippen molar-refractivity contribution < 1.29 is 0 Å². The Hall–Kier alpha value is -0.380. The molecule has 0 aromatic carbocycles. The zero-order valence-electron chi connectivity index (χ0n) is 10.3. The van der Waals surface area contributed by atoms with Crippen molar-refractivity contribution in [1.29, 1.82) is 0 Å². The molecule has 2 heterocycles. The number of rotatable bonds is 5. The molecule has 0 radical (unpaired) electrons. The van der Waals surface area contributed by atoms with Crippen molar-refractivity contribution in [3.8, 4) is 0 Å². The molecule has 1 aromatic heterocycles. The van der Waals surface area contributed by atoms with Crippen LogP contribution in [0.1, 0.15) is 31.4 Å². The Morgan fingerprint density at radius 1 is 1.56 bits per heavy atom. The molecular formula is C13H22N2S. The summed E-state index contributed by atoms with van der Waals surface area (Å²) < 4.78 is 0. The van der Waals surface area contributed by atoms with Gasteiger partial charge in [-0.1, -0.05) is 6.92 Å². The Morgan fingerprint density at radius 3 is 3.12 bits per heavy atom. The van der Waals surface area contributed by atoms with Gasteiger partial charge in [0.05, 0.1) is 0 Å². The highest BCUT2D eigenvalue weighted by molar-refractivity contribution is 7.07. The van der Waals surface area contributed by atoms with Crippen LogP contribution >= 0.6 is 11.3 Å². The predicted octanol–water partition coefficient (Wildman–Crippen LogP) is 2.74. The summed E-state index contributed by atoms with van der Waals surface area (Å²) >= 11 is 1.81. The Bertz CT molecular complexity index is 297. The van der Waals surface area contributed by atoms with Crippen molar-refractivity contribution in [3.05, 3.63) is 22.4 Å². The van der Waals surface area contributed by atoms with E-state index in [2.05, 4.69) is 41.0 Å². The Kier molecular flexibility index (Phi) is 4.38. The van der Waals surface area contributed by atoms with Crippen LogP contribution in [0.25, 0.3) is 0 Å². The van der Waals surface area contributed by atoms with Gasteiger partial charge < -0.3 is 5.32 Å². The summed E-state index contributed by atoms with van der Waals surface area (Å²) in [6.07, 6.45) is 2.55. The van der Waals surface area contributed by atoms with Crippen LogP contribution in [0.15, 0.2) is 16.8 Å². The summed E-state index contributed by atoms with van der Waals surface area (Å²) in [6.45, 7) is 5.78. The monoisotopic (exact) mass is 238 g/mol. The molecule has 0 aliphatic carbocycles. The molecule has 1 aliphatic rings. The van der Waals surface area contributed by atoms with Gasteiger partial charge in [-0.3, -0.25) is 4.90 Å². The first-order chi connectivity index (χ1) is 7.83. The lowest BCUT2D eigenvalue weighted by Gasteiger charge is -2.24. The average Bonchev–Trinajstić information content (AvgIpc) is 2.88. The lowest BCUT2D eigenvalue weighted by Crippen LogP contribution is -2.28. The first-order valence-electron chi connectivity index (χ1n) is 6.26. The molecule has 1 aromatic rings. The third kappa shape index (κ3) is 2.65. The topological polar surface area (TPSA) is 15.3 Å². The molecular weight excluding hydrogens is 216 g/mol. The highest BCUT2D eigenvalue weighted by Gasteiger charge is 2.32. The SMILES string of the molecule is CCCNCC1CCN(C)C1c1ccsc1. The van der Waals surface area contributed by atoms with E-state index in [1.807, 2.05) is 11.3 Å². The molecule has 0 amide bonds. The number of likely N-dealkylation sites (tertiary alicyclic amines) is 1. The van der Waals surface area contributed by atoms with Crippen LogP contribution in [0.4, 0.5) is 0 Å². The minimum atomic E-state index is 0.635. The smallest absolute Gasteiger partial charge is 0.0394 e. The van der Waals surface area contributed by atoms with E-state index in [4.69, 9.17) is 0 Å². The molecule has 1 N–H and O–H groups in total. The van der Waals surface area contributed by atoms with Crippen LogP contribution in [-0.2, 0) is 0 Å². The quantitative estimate of drug-likeness (QED) is 0.794. The second-order valence-electron chi connectivity index (χ2n) is 4.74. The fourth-order valence-electron chi connectivity index (χ4n) is 2.67. The first-order valence-corrected chi connectivity index (χ1v) is 7.20. The minimum absolute atomic E-state index is 0.635. The van der Waals surface area contributed by atoms with Crippen LogP contribution in [0, 0.1) is 5.92 Å². The van der Waals surface area contributed by atoms with Crippen molar-refractivity contribution in [1.82, 2.24) is 10.2 Å². The second-order valence-corrected chi connectivity index (χ2v) is 5.52. The number of hydrogen-bond acceptors (Lipinski definition) is 3. The molecule has 1 saturated heterocycles. The van der Waals surface area contributed by atoms with Gasteiger partial charge in [0.2, 0.25) is 0 Å². The summed E-state index contributed by atoms with van der Waals surface area (Å²) in [7, 11) is 2.25. The number of hydrogen-bond donors (Lipinski definition) is 1. The van der Waals surface area contributed by atoms with E-state index < -0.39 is 0 Å². The molecule has 2 atom stereocenters. The molecule has 0 saturated carbocycles. The van der Waals surface area contributed by atoms with Crippen LogP contribution < -0.4 is 5.32 Å². The van der Waals surface area contributed by atoms with Gasteiger partial charge >= 0.3 is 0 Å². The zero-order chi connectivity index (χ0) is 11.4. The van der Waals surface area contributed by atoms with Crippen LogP contribution in [-0.4, -0.2) is 31.6 Å². The third-order valence-corrected chi connectivity index (χ3v) is 4.19. The van der Waals surface area contributed by atoms with Crippen LogP contribution in [0.2, 0.25) is 0 Å². The van der Waals surface area contributed by atoms with Crippen molar-refractivity contribution in [3.63, 3.8) is 0 Å². The summed E-state index contributed by atoms with van der Waals surface area (Å²) in [5.74, 6) is 0.783. The van der Waals surface area contributed by atoms with Gasteiger partial charge in [0.25, 0.3) is 0 Å². The van der Waals surface area contributed by atoms with Crippen molar-refractivity contribution in [2.24, 2.45) is 5.92 Å². The van der Waals surface area contributed by atoms with Gasteiger partial charge in [0.1, 0.15) is 0 Å². The standard InChI is InChI=1S/C13H22N2S/c1-3-6-14-9-11-4-7-15(2)13(11)12-5-8-16-10-12/h5,8,10-11,13-14H,3-4,6-7,9H2,1-2H3. The molecule has 16 heavy (non-hydrogen) atoms. The lowest BCUT2D eigenvalue weighted by molar-refractivity contribution is 0.273. The Morgan fingerprint density at radius 2 is 2.44 bits per heavy atom. The van der Waals surface area contributed by atoms with Crippen molar-refractivity contribution >= 4 is 11.3 Å². The van der Waals surface area contributed by atoms with Crippen molar-refractivity contribution in [2.75, 3.05) is 26.7 Å². The van der Waals surface area contributed by atoms with E-state index in [0.29, 0.717) is 6.04 Å². The molecule has 2 nitrogen and oxygen atoms in total. The van der Waals surface area contributed by atoms with Gasteiger partial charge in [-0.2, -0.15) is 11.3 Å². The third-order valence-electron chi connectivity index (χ3n) is 3.49. The number of nitrogens with zero attached hydrogens (tertiary/aromatic N) is 1. The molecule has 2 unspecified atom stereocenters. The van der Waals surface area contributed by atoms with E-state index in [1.54, 1.807) is 0 Å². The molecule has 90 valence electrons. The van der Waals surface area contributed by atoms with Crippen LogP contribution in [0.5, 0.6) is 0 Å². The summed E-state index contributed by atoms with van der Waals surface area (Å²) in [5, 5.41) is 8.06. The summed E-state index contributed by atoms with van der Waals surface area (Å²) in [4.78, 5) is 2.50. The maximum absolute atomic E-state index is 3.57. The summed E-state index contributed by atoms with van der Waals surface area (Å²) in [5.41, 5.74) is 1.51. The largest absolute Gasteiger partial charge is 0.316 e. The van der Waals surface area contributed by atoms with E-state index >= 15 is 0 Å². The van der Waals surface area contributed by atoms with Gasteiger partial charge in [-0.15, -0.1) is 0 Å². The minimum Gasteiger partial charge on any atom is -0.316 e. The highest BCUT2D eigenvalue weighted by Crippen LogP contribution is 2.36. The fourth-order valence-corrected chi connectivity index (χ4v) is 3.36. The number of nitrogens with one attached hydrogen (secondary N) is 1. The average molecular weight is 238 g/mol. The van der Waals surface area contributed by atoms with Gasteiger partial charge in [-0.25, -0.2) is 0 Å². The second kappa shape index (κ2) is 5.80. The molecule has 1 fully saturated rings. The van der Waals surface area contributed by atoms with Crippen molar-refractivity contribution in [2.45, 2.75) is 25.8 Å². The van der Waals surface area contributed by atoms with E-state index in [1.165, 1.54) is 31.5 Å². The fraction of sp³-hybridized carbons (Fsp3) is 0.692. The van der Waals surface area contributed by atoms with Gasteiger partial charge in [0, 0.05) is 6.04 Å². The normalized spacial score (nSPS) is 26.4. The van der Waals surface area contributed by atoms with E-state index in [-0.39, 0.29) is 0 Å². The zero-order valence-corrected chi connectivity index (χ0v) is 11.1. The molecule has 1 aliphatic heterocycles. The molecule has 0 bridgehead atoms. The highest BCUT2D eigenvalue weighted by atomic mass is 32.1. The Balaban J connectivity index is 1.96. The molecule has 3 heteroatoms. The van der Waals surface area contributed by atoms with Crippen LogP contribution in [0.3, 0.4) is 0 Å². The number of thiophene rings is 1. The summed E-state index contributed by atoms with van der Waals surface area (Å²) in [6, 6.07) is 2.92. The van der Waals surface area contributed by atoms with E-state index in [9.17, 15) is 0 Å². The van der Waals surface area contributed by atoms with E-state index in [0.717, 1.165) is 12.5 Å². The first kappa shape index (κ1) is 12.1. The Labute approximate surface area is 103 Å². The lowest BCUT2D eigenvalue weighted by atomic mass is 9.95. The van der Waals surface area contributed by atoms with Gasteiger partial charge in [-0.05, 0) is 67.8 Å².